The van der Waals surface area contributed by atoms with Gasteiger partial charge in [-0.05, 0) is 85.0 Å². The van der Waals surface area contributed by atoms with Gasteiger partial charge in [-0.2, -0.15) is 0 Å². The summed E-state index contributed by atoms with van der Waals surface area (Å²) in [7, 11) is 5.26. The third-order valence-electron chi connectivity index (χ3n) is 13.8. The van der Waals surface area contributed by atoms with E-state index in [2.05, 4.69) is 51.7 Å². The highest BCUT2D eigenvalue weighted by molar-refractivity contribution is 6.05. The third-order valence-corrected chi connectivity index (χ3v) is 13.8. The van der Waals surface area contributed by atoms with Crippen molar-refractivity contribution in [2.24, 2.45) is 21.6 Å². The first-order valence-corrected chi connectivity index (χ1v) is 24.3. The van der Waals surface area contributed by atoms with Crippen LogP contribution in [0.5, 0.6) is 23.0 Å². The Morgan fingerprint density at radius 3 is 2.01 bits per heavy atom. The molecule has 0 aliphatic carbocycles. The number of fused-ring (bicyclic) bond motifs is 4. The average molecular weight is 966 g/mol. The Kier molecular flexibility index (Phi) is 14.4. The minimum atomic E-state index is -1.01. The number of hydrogen-bond acceptors (Lipinski definition) is 14. The molecule has 9 rings (SSSR count). The monoisotopic (exact) mass is 965 g/mol. The maximum Gasteiger partial charge on any atom is 0.260 e. The number of benzene rings is 4. The van der Waals surface area contributed by atoms with Gasteiger partial charge in [0.05, 0.1) is 62.5 Å². The zero-order chi connectivity index (χ0) is 49.9. The molecule has 0 saturated carbocycles. The van der Waals surface area contributed by atoms with Crippen molar-refractivity contribution in [1.82, 2.24) is 20.0 Å². The Bertz CT molecular complexity index is 2770. The van der Waals surface area contributed by atoms with Crippen LogP contribution in [0.15, 0.2) is 95.2 Å². The van der Waals surface area contributed by atoms with Gasteiger partial charge in [0.15, 0.2) is 29.2 Å². The molecule has 0 bridgehead atoms. The number of hydrogen-bond donors (Lipinski definition) is 4. The topological polar surface area (TPSA) is 196 Å². The first-order valence-electron chi connectivity index (χ1n) is 24.3. The summed E-state index contributed by atoms with van der Waals surface area (Å²) in [6.45, 7) is 10.0. The van der Waals surface area contributed by atoms with Crippen molar-refractivity contribution in [3.63, 3.8) is 0 Å². The number of methoxy groups -OCH3 is 2. The second-order valence-electron chi connectivity index (χ2n) is 19.0. The molecule has 372 valence electrons. The molecule has 0 spiro atoms. The highest BCUT2D eigenvalue weighted by Gasteiger charge is 2.35. The van der Waals surface area contributed by atoms with E-state index in [1.807, 2.05) is 55.7 Å². The number of amides is 3. The Morgan fingerprint density at radius 1 is 0.761 bits per heavy atom. The molecule has 0 aromatic heterocycles. The molecule has 17 nitrogen and oxygen atoms in total. The molecule has 5 atom stereocenters. The largest absolute Gasteiger partial charge is 0.493 e. The van der Waals surface area contributed by atoms with Gasteiger partial charge in [0.1, 0.15) is 6.04 Å². The van der Waals surface area contributed by atoms with E-state index in [-0.39, 0.29) is 35.7 Å². The number of aliphatic hydroxyl groups excluding tert-OH is 1. The van der Waals surface area contributed by atoms with Gasteiger partial charge in [0, 0.05) is 92.9 Å². The van der Waals surface area contributed by atoms with E-state index < -0.39 is 18.3 Å². The summed E-state index contributed by atoms with van der Waals surface area (Å²) in [6, 6.07) is 21.2. The van der Waals surface area contributed by atoms with Crippen LogP contribution in [-0.2, 0) is 9.59 Å². The van der Waals surface area contributed by atoms with Gasteiger partial charge in [-0.25, -0.2) is 0 Å². The normalized spacial score (nSPS) is 20.2. The Hall–Kier alpha value is -7.21. The highest BCUT2D eigenvalue weighted by Crippen LogP contribution is 2.44. The average Bonchev–Trinajstić information content (AvgIpc) is 3.96. The minimum Gasteiger partial charge on any atom is -0.493 e. The van der Waals surface area contributed by atoms with E-state index in [0.29, 0.717) is 83.7 Å². The molecule has 0 radical (unpaired) electrons. The number of aliphatic hydroxyl groups is 1. The van der Waals surface area contributed by atoms with Crippen LogP contribution in [0.2, 0.25) is 0 Å². The van der Waals surface area contributed by atoms with Crippen LogP contribution in [0.25, 0.3) is 11.1 Å². The smallest absolute Gasteiger partial charge is 0.260 e. The van der Waals surface area contributed by atoms with E-state index in [1.54, 1.807) is 62.4 Å². The predicted molar refractivity (Wildman–Crippen MR) is 275 cm³/mol. The molecule has 5 aliphatic heterocycles. The molecule has 71 heavy (non-hydrogen) atoms. The van der Waals surface area contributed by atoms with Crippen LogP contribution in [0.4, 0.5) is 22.7 Å². The van der Waals surface area contributed by atoms with Gasteiger partial charge in [-0.1, -0.05) is 38.1 Å². The maximum atomic E-state index is 14.0. The Labute approximate surface area is 414 Å². The molecule has 4 aromatic rings. The number of carbonyl (C=O) groups is 3. The molecule has 3 amide bonds. The molecule has 1 saturated heterocycles. The molecule has 4 aromatic carbocycles. The summed E-state index contributed by atoms with van der Waals surface area (Å²) < 4.78 is 23.8. The van der Waals surface area contributed by atoms with Crippen LogP contribution < -0.4 is 40.2 Å². The van der Waals surface area contributed by atoms with Gasteiger partial charge in [0.25, 0.3) is 5.91 Å². The van der Waals surface area contributed by atoms with Crippen LogP contribution >= 0.6 is 0 Å². The number of nitrogens with one attached hydrogen (secondary N) is 2. The third kappa shape index (κ3) is 10.5. The zero-order valence-electron chi connectivity index (χ0n) is 41.1. The maximum absolute atomic E-state index is 14.0. The van der Waals surface area contributed by atoms with Gasteiger partial charge in [-0.15, -0.1) is 0 Å². The summed E-state index contributed by atoms with van der Waals surface area (Å²) >= 11 is 0. The van der Waals surface area contributed by atoms with Crippen molar-refractivity contribution >= 4 is 64.0 Å². The minimum absolute atomic E-state index is 0.0541. The van der Waals surface area contributed by atoms with Gasteiger partial charge in [0.2, 0.25) is 11.8 Å². The molecule has 1 fully saturated rings. The second kappa shape index (κ2) is 21.0. The van der Waals surface area contributed by atoms with Crippen LogP contribution in [-0.4, -0.2) is 135 Å². The van der Waals surface area contributed by atoms with Crippen molar-refractivity contribution in [3.8, 4) is 23.0 Å². The molecule has 1 unspecified atom stereocenters. The first kappa shape index (κ1) is 48.8. The second-order valence-corrected chi connectivity index (χ2v) is 19.0. The lowest BCUT2D eigenvalue weighted by Gasteiger charge is -2.34. The van der Waals surface area contributed by atoms with Gasteiger partial charge in [-0.3, -0.25) is 24.4 Å². The summed E-state index contributed by atoms with van der Waals surface area (Å²) in [5.74, 6) is 0.908. The van der Waals surface area contributed by atoms with E-state index in [4.69, 9.17) is 34.7 Å². The Balaban J connectivity index is 0.784. The lowest BCUT2D eigenvalue weighted by atomic mass is 10.0. The van der Waals surface area contributed by atoms with Crippen LogP contribution in [0.1, 0.15) is 73.3 Å². The van der Waals surface area contributed by atoms with E-state index in [1.165, 1.54) is 5.69 Å². The number of nitrogens with two attached hydrogens (primary N) is 1. The number of nitrogens with zero attached hydrogens (tertiary/aromatic N) is 6. The number of ether oxygens (including phenoxy) is 4. The number of rotatable bonds is 16. The SMILES string of the molecule is COc1cc2c(cc1OCCCOc1cc3c(cc1OC)C(O)N1C=C(c4ccc(NC(=O)[C@H](C)NC(=O)[C@@H](N)C(C)C)cc4)C[C@H]1C=N3)N=C[C@@H]1CC(c3ccc(N4CCN(C)CC4)cc3)=CN1C2=O. The van der Waals surface area contributed by atoms with Crippen LogP contribution in [0.3, 0.4) is 0 Å². The summed E-state index contributed by atoms with van der Waals surface area (Å²) in [5, 5.41) is 17.2. The molecule has 5 heterocycles. The van der Waals surface area contributed by atoms with Crippen molar-refractivity contribution in [2.45, 2.75) is 70.4 Å². The molecular formula is C54H63N9O8. The fraction of sp³-hybridized carbons (Fsp3) is 0.389. The summed E-state index contributed by atoms with van der Waals surface area (Å²) in [5.41, 5.74) is 13.9. The molecule has 17 heteroatoms. The number of anilines is 2. The number of likely N-dealkylation sites (N-methyl/N-ethyl adjacent to an activating group) is 1. The Morgan fingerprint density at radius 2 is 1.35 bits per heavy atom. The summed E-state index contributed by atoms with van der Waals surface area (Å²) in [4.78, 5) is 57.1. The van der Waals surface area contributed by atoms with E-state index in [0.717, 1.165) is 48.5 Å². The van der Waals surface area contributed by atoms with Crippen LogP contribution in [0, 0.1) is 5.92 Å². The van der Waals surface area contributed by atoms with Crippen molar-refractivity contribution < 1.29 is 38.4 Å². The molecular weight excluding hydrogens is 903 g/mol. The van der Waals surface area contributed by atoms with Gasteiger partial charge >= 0.3 is 0 Å². The van der Waals surface area contributed by atoms with Crippen molar-refractivity contribution in [3.05, 3.63) is 107 Å². The summed E-state index contributed by atoms with van der Waals surface area (Å²) in [6.07, 6.45) is 8.32. The van der Waals surface area contributed by atoms with E-state index in [9.17, 15) is 19.5 Å². The first-order chi connectivity index (χ1) is 34.3. The fourth-order valence-corrected chi connectivity index (χ4v) is 9.36. The predicted octanol–water partition coefficient (Wildman–Crippen LogP) is 6.52. The lowest BCUT2D eigenvalue weighted by molar-refractivity contribution is -0.127. The van der Waals surface area contributed by atoms with E-state index >= 15 is 0 Å². The molecule has 5 N–H and O–H groups in total. The number of aliphatic imine (C=N–C) groups is 2. The molecule has 5 aliphatic rings. The standard InChI is InChI=1S/C54H63N9O8/c1-32(2)50(55)52(65)58-33(3)51(64)59-38-12-8-34(9-13-38)36-22-40-28-56-44-26-48(46(68-5)24-42(44)53(66)62(40)30-36)70-20-7-21-71-49-27-45-43(25-47(49)69-6)54(67)63-31-37(23-41(63)29-57-45)35-10-14-39(15-11-35)61-18-16-60(4)17-19-61/h8-15,24-33,40-41,50,53,66H,7,16-23,55H2,1-6H3,(H,58,65)(H,59,64)/t33-,40-,41-,50-,53?/m0/s1. The van der Waals surface area contributed by atoms with Crippen molar-refractivity contribution in [2.75, 3.05) is 70.9 Å². The van der Waals surface area contributed by atoms with Crippen molar-refractivity contribution in [1.29, 1.82) is 0 Å². The fourth-order valence-electron chi connectivity index (χ4n) is 9.36. The quantitative estimate of drug-likeness (QED) is 0.0889. The zero-order valence-corrected chi connectivity index (χ0v) is 41.1. The number of piperazine rings is 1. The van der Waals surface area contributed by atoms with Gasteiger partial charge < -0.3 is 60.0 Å². The highest BCUT2D eigenvalue weighted by atomic mass is 16.5. The number of carbonyl (C=O) groups excluding carboxylic acids is 3. The lowest BCUT2D eigenvalue weighted by Crippen LogP contribution is -2.50.